The third-order valence-electron chi connectivity index (χ3n) is 5.30. The largest absolute Gasteiger partial charge is 0.341 e. The molecule has 8 heteroatoms. The number of amides is 1. The number of likely N-dealkylation sites (tertiary alicyclic amines) is 1. The molecule has 1 saturated heterocycles. The number of hydrogen-bond acceptors (Lipinski definition) is 5. The first-order valence-electron chi connectivity index (χ1n) is 9.28. The van der Waals surface area contributed by atoms with Crippen molar-refractivity contribution < 1.29 is 4.79 Å². The molecular weight excluding hydrogens is 376 g/mol. The molecule has 0 saturated carbocycles. The van der Waals surface area contributed by atoms with Gasteiger partial charge in [0.05, 0.1) is 6.42 Å². The van der Waals surface area contributed by atoms with Crippen LogP contribution in [0, 0.1) is 19.8 Å². The van der Waals surface area contributed by atoms with E-state index in [-0.39, 0.29) is 36.6 Å². The summed E-state index contributed by atoms with van der Waals surface area (Å²) in [4.78, 5) is 23.6. The molecule has 3 aromatic rings. The van der Waals surface area contributed by atoms with Gasteiger partial charge in [-0.2, -0.15) is 4.98 Å². The zero-order valence-corrected chi connectivity index (χ0v) is 16.9. The van der Waals surface area contributed by atoms with Gasteiger partial charge in [-0.25, -0.2) is 9.50 Å². The number of aromatic nitrogens is 4. The fourth-order valence-corrected chi connectivity index (χ4v) is 3.92. The van der Waals surface area contributed by atoms with Gasteiger partial charge in [0, 0.05) is 30.4 Å². The van der Waals surface area contributed by atoms with Crippen molar-refractivity contribution in [1.82, 2.24) is 24.5 Å². The van der Waals surface area contributed by atoms with Gasteiger partial charge < -0.3 is 10.6 Å². The molecule has 2 aromatic heterocycles. The summed E-state index contributed by atoms with van der Waals surface area (Å²) in [6.45, 7) is 5.82. The Morgan fingerprint density at radius 1 is 1.18 bits per heavy atom. The van der Waals surface area contributed by atoms with Gasteiger partial charge in [0.2, 0.25) is 5.91 Å². The molecule has 28 heavy (non-hydrogen) atoms. The topological polar surface area (TPSA) is 89.4 Å². The fraction of sp³-hybridized carbons (Fsp3) is 0.400. The molecule has 2 N–H and O–H groups in total. The van der Waals surface area contributed by atoms with Gasteiger partial charge in [-0.15, -0.1) is 17.5 Å². The van der Waals surface area contributed by atoms with Gasteiger partial charge in [0.25, 0.3) is 5.78 Å². The third-order valence-corrected chi connectivity index (χ3v) is 5.30. The summed E-state index contributed by atoms with van der Waals surface area (Å²) in [5.74, 6) is 1.64. The lowest BCUT2D eigenvalue weighted by Gasteiger charge is -2.16. The molecule has 1 aromatic carbocycles. The Kier molecular flexibility index (Phi) is 5.96. The van der Waals surface area contributed by atoms with Gasteiger partial charge >= 0.3 is 0 Å². The molecule has 1 fully saturated rings. The number of aryl methyl sites for hydroxylation is 2. The predicted molar refractivity (Wildman–Crippen MR) is 110 cm³/mol. The molecule has 0 spiro atoms. The Morgan fingerprint density at radius 3 is 2.64 bits per heavy atom. The van der Waals surface area contributed by atoms with Crippen molar-refractivity contribution in [1.29, 1.82) is 0 Å². The molecule has 0 aliphatic carbocycles. The molecule has 1 aliphatic heterocycles. The molecule has 0 radical (unpaired) electrons. The SMILES string of the molecule is Cc1cc(C)n2nc(CC(=O)N3C[C@@H](CN)[C@H](c4ccccc4)C3)nc2n1.Cl. The van der Waals surface area contributed by atoms with Crippen LogP contribution in [0.1, 0.15) is 28.7 Å². The summed E-state index contributed by atoms with van der Waals surface area (Å²) >= 11 is 0. The molecule has 7 nitrogen and oxygen atoms in total. The average molecular weight is 401 g/mol. The minimum atomic E-state index is 0. The van der Waals surface area contributed by atoms with E-state index in [9.17, 15) is 4.79 Å². The maximum atomic E-state index is 12.9. The highest BCUT2D eigenvalue weighted by Crippen LogP contribution is 2.32. The summed E-state index contributed by atoms with van der Waals surface area (Å²) in [5.41, 5.74) is 9.07. The van der Waals surface area contributed by atoms with E-state index in [0.29, 0.717) is 31.2 Å². The van der Waals surface area contributed by atoms with E-state index in [1.807, 2.05) is 43.0 Å². The molecule has 1 amide bonds. The molecule has 3 heterocycles. The van der Waals surface area contributed by atoms with Gasteiger partial charge in [0.15, 0.2) is 5.82 Å². The Balaban J connectivity index is 0.00000225. The number of halogens is 1. The minimum Gasteiger partial charge on any atom is -0.341 e. The first kappa shape index (κ1) is 20.2. The smallest absolute Gasteiger partial charge is 0.252 e. The summed E-state index contributed by atoms with van der Waals surface area (Å²) in [6.07, 6.45) is 0.181. The monoisotopic (exact) mass is 400 g/mol. The highest BCUT2D eigenvalue weighted by Gasteiger charge is 2.35. The lowest BCUT2D eigenvalue weighted by molar-refractivity contribution is -0.129. The van der Waals surface area contributed by atoms with E-state index < -0.39 is 0 Å². The van der Waals surface area contributed by atoms with E-state index in [4.69, 9.17) is 5.73 Å². The number of rotatable bonds is 4. The van der Waals surface area contributed by atoms with Crippen LogP contribution >= 0.6 is 12.4 Å². The number of nitrogens with zero attached hydrogens (tertiary/aromatic N) is 5. The molecular formula is C20H25ClN6O. The first-order chi connectivity index (χ1) is 13.0. The van der Waals surface area contributed by atoms with Crippen molar-refractivity contribution in [2.75, 3.05) is 19.6 Å². The van der Waals surface area contributed by atoms with Crippen LogP contribution in [-0.4, -0.2) is 50.0 Å². The van der Waals surface area contributed by atoms with Crippen molar-refractivity contribution in [2.24, 2.45) is 11.7 Å². The maximum Gasteiger partial charge on any atom is 0.252 e. The quantitative estimate of drug-likeness (QED) is 0.722. The van der Waals surface area contributed by atoms with Crippen molar-refractivity contribution in [3.63, 3.8) is 0 Å². The lowest BCUT2D eigenvalue weighted by Crippen LogP contribution is -2.31. The summed E-state index contributed by atoms with van der Waals surface area (Å²) in [6, 6.07) is 12.2. The fourth-order valence-electron chi connectivity index (χ4n) is 3.92. The van der Waals surface area contributed by atoms with Crippen LogP contribution in [0.4, 0.5) is 0 Å². The highest BCUT2D eigenvalue weighted by atomic mass is 35.5. The number of hydrogen-bond donors (Lipinski definition) is 1. The van der Waals surface area contributed by atoms with E-state index in [1.54, 1.807) is 4.52 Å². The maximum absolute atomic E-state index is 12.9. The van der Waals surface area contributed by atoms with E-state index in [0.717, 1.165) is 11.4 Å². The lowest BCUT2D eigenvalue weighted by atomic mass is 9.89. The van der Waals surface area contributed by atoms with E-state index in [1.165, 1.54) is 5.56 Å². The number of carbonyl (C=O) groups excluding carboxylic acids is 1. The van der Waals surface area contributed by atoms with Crippen LogP contribution in [0.2, 0.25) is 0 Å². The summed E-state index contributed by atoms with van der Waals surface area (Å²) < 4.78 is 1.69. The van der Waals surface area contributed by atoms with Crippen LogP contribution < -0.4 is 5.73 Å². The Hall–Kier alpha value is -2.51. The Labute approximate surface area is 170 Å². The van der Waals surface area contributed by atoms with Gasteiger partial charge in [0.1, 0.15) is 0 Å². The minimum absolute atomic E-state index is 0. The van der Waals surface area contributed by atoms with Crippen molar-refractivity contribution >= 4 is 24.1 Å². The summed E-state index contributed by atoms with van der Waals surface area (Å²) in [5, 5.41) is 4.45. The third kappa shape index (κ3) is 3.86. The molecule has 2 atom stereocenters. The zero-order valence-electron chi connectivity index (χ0n) is 16.1. The Bertz CT molecular complexity index is 973. The van der Waals surface area contributed by atoms with E-state index in [2.05, 4.69) is 27.2 Å². The van der Waals surface area contributed by atoms with Crippen LogP contribution in [0.3, 0.4) is 0 Å². The standard InChI is InChI=1S/C20H24N6O.ClH/c1-13-8-14(2)26-20(22-13)23-18(24-26)9-19(27)25-11-16(10-21)17(12-25)15-6-4-3-5-7-15;/h3-8,16-17H,9-12,21H2,1-2H3;1H/t16-,17+;/m1./s1. The average Bonchev–Trinajstić information content (AvgIpc) is 3.26. The number of nitrogens with two attached hydrogens (primary N) is 1. The second kappa shape index (κ2) is 8.24. The van der Waals surface area contributed by atoms with Crippen molar-refractivity contribution in [3.05, 3.63) is 59.2 Å². The normalized spacial score (nSPS) is 19.0. The van der Waals surface area contributed by atoms with Gasteiger partial charge in [-0.1, -0.05) is 30.3 Å². The molecule has 4 rings (SSSR count). The number of fused-ring (bicyclic) bond motifs is 1. The summed E-state index contributed by atoms with van der Waals surface area (Å²) in [7, 11) is 0. The molecule has 148 valence electrons. The highest BCUT2D eigenvalue weighted by molar-refractivity contribution is 5.85. The van der Waals surface area contributed by atoms with Crippen LogP contribution in [0.25, 0.3) is 5.78 Å². The van der Waals surface area contributed by atoms with Crippen molar-refractivity contribution in [3.8, 4) is 0 Å². The molecule has 0 unspecified atom stereocenters. The number of benzene rings is 1. The molecule has 0 bridgehead atoms. The second-order valence-corrected chi connectivity index (χ2v) is 7.27. The van der Waals surface area contributed by atoms with Crippen molar-refractivity contribution in [2.45, 2.75) is 26.2 Å². The second-order valence-electron chi connectivity index (χ2n) is 7.27. The van der Waals surface area contributed by atoms with E-state index >= 15 is 0 Å². The predicted octanol–water partition coefficient (Wildman–Crippen LogP) is 1.91. The number of carbonyl (C=O) groups is 1. The van der Waals surface area contributed by atoms with Gasteiger partial charge in [-0.3, -0.25) is 4.79 Å². The van der Waals surface area contributed by atoms with Crippen LogP contribution in [0.15, 0.2) is 36.4 Å². The van der Waals surface area contributed by atoms with Gasteiger partial charge in [-0.05, 0) is 37.9 Å². The van der Waals surface area contributed by atoms with Crippen LogP contribution in [-0.2, 0) is 11.2 Å². The first-order valence-corrected chi connectivity index (χ1v) is 9.28. The molecule has 1 aliphatic rings. The van der Waals surface area contributed by atoms with Crippen LogP contribution in [0.5, 0.6) is 0 Å². The zero-order chi connectivity index (χ0) is 19.0. The Morgan fingerprint density at radius 2 is 1.93 bits per heavy atom.